The first-order valence-corrected chi connectivity index (χ1v) is 9.46. The van der Waals surface area contributed by atoms with Crippen molar-refractivity contribution >= 4 is 5.78 Å². The third kappa shape index (κ3) is 1.66. The minimum Gasteiger partial charge on any atom is -0.393 e. The van der Waals surface area contributed by atoms with Gasteiger partial charge in [-0.05, 0) is 67.6 Å². The van der Waals surface area contributed by atoms with Crippen LogP contribution in [0.3, 0.4) is 0 Å². The molecule has 0 aliphatic heterocycles. The molecule has 9 atom stereocenters. The molecule has 4 saturated carbocycles. The summed E-state index contributed by atoms with van der Waals surface area (Å²) < 4.78 is 0. The van der Waals surface area contributed by atoms with E-state index in [-0.39, 0.29) is 29.0 Å². The predicted molar refractivity (Wildman–Crippen MR) is 86.5 cm³/mol. The van der Waals surface area contributed by atoms with Gasteiger partial charge in [-0.25, -0.2) is 0 Å². The summed E-state index contributed by atoms with van der Waals surface area (Å²) in [6.07, 6.45) is 7.14. The average Bonchev–Trinajstić information content (AvgIpc) is 3.22. The van der Waals surface area contributed by atoms with E-state index in [0.717, 1.165) is 32.1 Å². The molecule has 2 N–H and O–H groups in total. The minimum absolute atomic E-state index is 0.0267. The zero-order valence-electron chi connectivity index (χ0n) is 14.2. The standard InChI is InChI=1S/C20H28O3/c1-19-6-5-11(21)7-10(19)3-4-12-16-13-8-14(13)18(23)20(16,2)9-15(22)17(12)19/h3,11-17,21-22H,4-9H2,1-2H3/t11-,12-,13+,14-,15-,16+,17+,19-,20-/m0/s1. The highest BCUT2D eigenvalue weighted by Gasteiger charge is 2.71. The lowest BCUT2D eigenvalue weighted by Crippen LogP contribution is -2.57. The Morgan fingerprint density at radius 1 is 1.13 bits per heavy atom. The van der Waals surface area contributed by atoms with E-state index >= 15 is 0 Å². The monoisotopic (exact) mass is 316 g/mol. The van der Waals surface area contributed by atoms with Crippen molar-refractivity contribution in [3.8, 4) is 0 Å². The van der Waals surface area contributed by atoms with Gasteiger partial charge in [-0.15, -0.1) is 0 Å². The van der Waals surface area contributed by atoms with Crippen LogP contribution in [0.5, 0.6) is 0 Å². The Labute approximate surface area is 138 Å². The summed E-state index contributed by atoms with van der Waals surface area (Å²) in [5.74, 6) is 2.57. The molecule has 0 unspecified atom stereocenters. The van der Waals surface area contributed by atoms with Gasteiger partial charge in [0.25, 0.3) is 0 Å². The predicted octanol–water partition coefficient (Wildman–Crippen LogP) is 2.71. The van der Waals surface area contributed by atoms with Crippen molar-refractivity contribution < 1.29 is 15.0 Å². The van der Waals surface area contributed by atoms with E-state index in [2.05, 4.69) is 19.9 Å². The maximum atomic E-state index is 12.8. The van der Waals surface area contributed by atoms with E-state index in [4.69, 9.17) is 0 Å². The van der Waals surface area contributed by atoms with Gasteiger partial charge in [-0.2, -0.15) is 0 Å². The summed E-state index contributed by atoms with van der Waals surface area (Å²) in [4.78, 5) is 12.8. The van der Waals surface area contributed by atoms with Crippen molar-refractivity contribution in [2.45, 2.75) is 64.6 Å². The molecule has 5 aliphatic carbocycles. The SMILES string of the molecule is C[C@]12CC[C@H](O)CC1=CC[C@@H]1[C@@H]2[C@@H](O)C[C@]2(C)C(=O)[C@H]3C[C@H]3[C@@H]12. The van der Waals surface area contributed by atoms with Gasteiger partial charge in [-0.1, -0.05) is 25.5 Å². The summed E-state index contributed by atoms with van der Waals surface area (Å²) in [7, 11) is 0. The molecule has 126 valence electrons. The van der Waals surface area contributed by atoms with E-state index in [1.54, 1.807) is 0 Å². The molecule has 0 amide bonds. The smallest absolute Gasteiger partial charge is 0.142 e. The number of hydrogen-bond acceptors (Lipinski definition) is 3. The molecule has 0 spiro atoms. The second-order valence-corrected chi connectivity index (χ2v) is 9.55. The van der Waals surface area contributed by atoms with E-state index < -0.39 is 0 Å². The second-order valence-electron chi connectivity index (χ2n) is 9.55. The molecule has 5 aliphatic rings. The minimum atomic E-state index is -0.369. The highest BCUT2D eigenvalue weighted by Crippen LogP contribution is 2.71. The van der Waals surface area contributed by atoms with Crippen LogP contribution in [0.2, 0.25) is 0 Å². The number of fused-ring (bicyclic) bond motifs is 7. The zero-order valence-corrected chi connectivity index (χ0v) is 14.2. The summed E-state index contributed by atoms with van der Waals surface area (Å²) in [6.45, 7) is 4.45. The molecule has 0 radical (unpaired) electrons. The Balaban J connectivity index is 1.58. The van der Waals surface area contributed by atoms with Crippen LogP contribution in [-0.4, -0.2) is 28.2 Å². The van der Waals surface area contributed by atoms with Crippen molar-refractivity contribution in [2.24, 2.45) is 40.4 Å². The van der Waals surface area contributed by atoms with Gasteiger partial charge in [0, 0.05) is 11.3 Å². The molecule has 0 bridgehead atoms. The number of rotatable bonds is 0. The molecular weight excluding hydrogens is 288 g/mol. The first kappa shape index (κ1) is 14.7. The lowest BCUT2D eigenvalue weighted by Gasteiger charge is -2.59. The van der Waals surface area contributed by atoms with Gasteiger partial charge in [-0.3, -0.25) is 4.79 Å². The Hall–Kier alpha value is -0.670. The quantitative estimate of drug-likeness (QED) is 0.676. The molecule has 0 aromatic rings. The van der Waals surface area contributed by atoms with Crippen LogP contribution in [0.4, 0.5) is 0 Å². The molecular formula is C20H28O3. The Morgan fingerprint density at radius 3 is 2.70 bits per heavy atom. The summed E-state index contributed by atoms with van der Waals surface area (Å²) in [6, 6.07) is 0. The summed E-state index contributed by atoms with van der Waals surface area (Å²) in [5.41, 5.74) is 1.13. The molecule has 0 aromatic heterocycles. The normalized spacial score (nSPS) is 60.3. The fourth-order valence-electron chi connectivity index (χ4n) is 7.45. The number of aliphatic hydroxyl groups is 2. The Morgan fingerprint density at radius 2 is 1.91 bits per heavy atom. The Bertz CT molecular complexity index is 610. The van der Waals surface area contributed by atoms with Crippen molar-refractivity contribution in [3.05, 3.63) is 11.6 Å². The number of hydrogen-bond donors (Lipinski definition) is 2. The van der Waals surface area contributed by atoms with Crippen LogP contribution >= 0.6 is 0 Å². The first-order valence-electron chi connectivity index (χ1n) is 9.46. The molecule has 0 saturated heterocycles. The lowest BCUT2D eigenvalue weighted by molar-refractivity contribution is -0.150. The second kappa shape index (κ2) is 4.29. The number of carbonyl (C=O) groups is 1. The van der Waals surface area contributed by atoms with E-state index in [0.29, 0.717) is 35.9 Å². The Kier molecular flexibility index (Phi) is 2.73. The number of allylic oxidation sites excluding steroid dienone is 1. The van der Waals surface area contributed by atoms with Crippen LogP contribution in [0.1, 0.15) is 52.4 Å². The maximum Gasteiger partial charge on any atom is 0.142 e. The first-order chi connectivity index (χ1) is 10.9. The molecule has 4 fully saturated rings. The number of aliphatic hydroxyl groups excluding tert-OH is 2. The molecule has 3 nitrogen and oxygen atoms in total. The largest absolute Gasteiger partial charge is 0.393 e. The molecule has 5 rings (SSSR count). The van der Waals surface area contributed by atoms with Gasteiger partial charge in [0.15, 0.2) is 0 Å². The highest BCUT2D eigenvalue weighted by atomic mass is 16.3. The number of Topliss-reactive ketones (excluding diaryl/α,β-unsaturated/α-hetero) is 1. The fourth-order valence-corrected chi connectivity index (χ4v) is 7.45. The molecule has 23 heavy (non-hydrogen) atoms. The molecule has 0 heterocycles. The summed E-state index contributed by atoms with van der Waals surface area (Å²) in [5, 5.41) is 21.1. The van der Waals surface area contributed by atoms with Gasteiger partial charge >= 0.3 is 0 Å². The third-order valence-electron chi connectivity index (χ3n) is 8.46. The topological polar surface area (TPSA) is 57.5 Å². The number of carbonyl (C=O) groups excluding carboxylic acids is 1. The number of ketones is 1. The van der Waals surface area contributed by atoms with Gasteiger partial charge in [0.05, 0.1) is 12.2 Å². The van der Waals surface area contributed by atoms with Gasteiger partial charge in [0.2, 0.25) is 0 Å². The van der Waals surface area contributed by atoms with E-state index in [1.165, 1.54) is 5.57 Å². The van der Waals surface area contributed by atoms with Gasteiger partial charge < -0.3 is 10.2 Å². The molecule has 3 heteroatoms. The van der Waals surface area contributed by atoms with Crippen LogP contribution in [-0.2, 0) is 4.79 Å². The van der Waals surface area contributed by atoms with Crippen molar-refractivity contribution in [2.75, 3.05) is 0 Å². The zero-order chi connectivity index (χ0) is 16.1. The third-order valence-corrected chi connectivity index (χ3v) is 8.46. The fraction of sp³-hybridized carbons (Fsp3) is 0.850. The van der Waals surface area contributed by atoms with Gasteiger partial charge in [0.1, 0.15) is 5.78 Å². The molecule has 0 aromatic carbocycles. The summed E-state index contributed by atoms with van der Waals surface area (Å²) >= 11 is 0. The average molecular weight is 316 g/mol. The van der Waals surface area contributed by atoms with Crippen molar-refractivity contribution in [1.29, 1.82) is 0 Å². The van der Waals surface area contributed by atoms with Crippen LogP contribution in [0.15, 0.2) is 11.6 Å². The van der Waals surface area contributed by atoms with Crippen molar-refractivity contribution in [3.63, 3.8) is 0 Å². The van der Waals surface area contributed by atoms with E-state index in [1.807, 2.05) is 0 Å². The van der Waals surface area contributed by atoms with Crippen molar-refractivity contribution in [1.82, 2.24) is 0 Å². The maximum absolute atomic E-state index is 12.8. The van der Waals surface area contributed by atoms with Crippen LogP contribution in [0.25, 0.3) is 0 Å². The van der Waals surface area contributed by atoms with Crippen LogP contribution in [0, 0.1) is 40.4 Å². The highest BCUT2D eigenvalue weighted by molar-refractivity contribution is 5.92. The lowest BCUT2D eigenvalue weighted by atomic mass is 9.46. The van der Waals surface area contributed by atoms with E-state index in [9.17, 15) is 15.0 Å². The van der Waals surface area contributed by atoms with Crippen LogP contribution < -0.4 is 0 Å².